The van der Waals surface area contributed by atoms with Gasteiger partial charge in [0.1, 0.15) is 12.2 Å². The van der Waals surface area contributed by atoms with Gasteiger partial charge in [-0.25, -0.2) is 13.1 Å². The Labute approximate surface area is 174 Å². The Morgan fingerprint density at radius 3 is 2.33 bits per heavy atom. The summed E-state index contributed by atoms with van der Waals surface area (Å²) < 4.78 is 31.1. The number of rotatable bonds is 9. The maximum Gasteiger partial charge on any atom is 0.325 e. The van der Waals surface area contributed by atoms with Crippen molar-refractivity contribution in [3.05, 3.63) is 65.5 Å². The van der Waals surface area contributed by atoms with Crippen molar-refractivity contribution < 1.29 is 27.5 Å². The minimum atomic E-state index is -3.84. The fourth-order valence-corrected chi connectivity index (χ4v) is 3.36. The smallest absolute Gasteiger partial charge is 0.325 e. The summed E-state index contributed by atoms with van der Waals surface area (Å²) in [5.41, 5.74) is 0.787. The molecule has 30 heavy (non-hydrogen) atoms. The number of amides is 2. The number of aromatic nitrogens is 1. The minimum Gasteiger partial charge on any atom is -0.462 e. The molecule has 0 spiro atoms. The Morgan fingerprint density at radius 1 is 1.03 bits per heavy atom. The number of sulfonamides is 1. The molecule has 0 aliphatic rings. The molecular weight excluding hydrogens is 410 g/mol. The van der Waals surface area contributed by atoms with E-state index >= 15 is 0 Å². The van der Waals surface area contributed by atoms with Crippen molar-refractivity contribution in [3.8, 4) is 0 Å². The summed E-state index contributed by atoms with van der Waals surface area (Å²) in [4.78, 5) is 39.4. The molecule has 0 aliphatic heterocycles. The number of nitrogens with one attached hydrogen (secondary N) is 2. The number of carbonyl (C=O) groups excluding carboxylic acids is 3. The molecule has 0 radical (unpaired) electrons. The van der Waals surface area contributed by atoms with Crippen molar-refractivity contribution in [2.75, 3.05) is 12.3 Å². The van der Waals surface area contributed by atoms with Crippen LogP contribution in [0.15, 0.2) is 48.7 Å². The first kappa shape index (κ1) is 23.0. The van der Waals surface area contributed by atoms with Crippen LogP contribution >= 0.6 is 0 Å². The van der Waals surface area contributed by atoms with Crippen molar-refractivity contribution in [2.24, 2.45) is 0 Å². The van der Waals surface area contributed by atoms with Crippen LogP contribution in [0.2, 0.25) is 0 Å². The summed E-state index contributed by atoms with van der Waals surface area (Å²) in [6.07, 6.45) is 1.05. The van der Waals surface area contributed by atoms with Gasteiger partial charge < -0.3 is 10.1 Å². The molecule has 2 rings (SSSR count). The van der Waals surface area contributed by atoms with Crippen LogP contribution in [0.3, 0.4) is 0 Å². The topological polar surface area (TPSA) is 132 Å². The van der Waals surface area contributed by atoms with Gasteiger partial charge in [-0.2, -0.15) is 0 Å². The van der Waals surface area contributed by atoms with Crippen LogP contribution in [0.4, 0.5) is 0 Å². The Balaban J connectivity index is 1.89. The molecule has 0 saturated heterocycles. The third-order valence-electron chi connectivity index (χ3n) is 3.77. The van der Waals surface area contributed by atoms with Crippen molar-refractivity contribution in [1.82, 2.24) is 15.0 Å². The number of nitrogens with zero attached hydrogens (tertiary/aromatic N) is 1. The van der Waals surface area contributed by atoms with E-state index in [4.69, 9.17) is 4.74 Å². The van der Waals surface area contributed by atoms with Gasteiger partial charge in [-0.15, -0.1) is 0 Å². The molecule has 1 aromatic carbocycles. The fourth-order valence-electron chi connectivity index (χ4n) is 2.36. The predicted octanol–water partition coefficient (Wildman–Crippen LogP) is 1.07. The Kier molecular flexibility index (Phi) is 8.05. The summed E-state index contributed by atoms with van der Waals surface area (Å²) >= 11 is 0. The van der Waals surface area contributed by atoms with Crippen molar-refractivity contribution in [1.29, 1.82) is 0 Å². The lowest BCUT2D eigenvalue weighted by atomic mass is 10.2. The van der Waals surface area contributed by atoms with Crippen LogP contribution in [-0.2, 0) is 26.0 Å². The second-order valence-electron chi connectivity index (χ2n) is 6.64. The molecule has 9 nitrogen and oxygen atoms in total. The number of hydrogen-bond donors (Lipinski definition) is 2. The predicted molar refractivity (Wildman–Crippen MR) is 109 cm³/mol. The molecule has 0 bridgehead atoms. The van der Waals surface area contributed by atoms with E-state index in [-0.39, 0.29) is 36.1 Å². The summed E-state index contributed by atoms with van der Waals surface area (Å²) in [7, 11) is -3.84. The van der Waals surface area contributed by atoms with Crippen molar-refractivity contribution in [3.63, 3.8) is 0 Å². The monoisotopic (exact) mass is 433 g/mol. The first-order chi connectivity index (χ1) is 14.2. The molecule has 0 unspecified atom stereocenters. The average Bonchev–Trinajstić information content (AvgIpc) is 2.70. The number of pyridine rings is 1. The van der Waals surface area contributed by atoms with Crippen LogP contribution < -0.4 is 10.0 Å². The van der Waals surface area contributed by atoms with Crippen LogP contribution in [0.5, 0.6) is 0 Å². The SMILES string of the molecule is CC(C)OC(=O)CNC(=O)c1ccc(C(=O)NS(=O)(=O)CCc2ccccc2)cn1. The summed E-state index contributed by atoms with van der Waals surface area (Å²) in [5.74, 6) is -2.31. The summed E-state index contributed by atoms with van der Waals surface area (Å²) in [6.45, 7) is 3.06. The minimum absolute atomic E-state index is 0.0194. The highest BCUT2D eigenvalue weighted by Gasteiger charge is 2.17. The van der Waals surface area contributed by atoms with Gasteiger partial charge in [0.05, 0.1) is 17.4 Å². The zero-order valence-corrected chi connectivity index (χ0v) is 17.4. The first-order valence-corrected chi connectivity index (χ1v) is 10.8. The second-order valence-corrected chi connectivity index (χ2v) is 8.48. The van der Waals surface area contributed by atoms with Gasteiger partial charge in [0.2, 0.25) is 10.0 Å². The number of carbonyl (C=O) groups is 3. The molecule has 0 saturated carbocycles. The van der Waals surface area contributed by atoms with Gasteiger partial charge in [0.25, 0.3) is 11.8 Å². The highest BCUT2D eigenvalue weighted by atomic mass is 32.2. The van der Waals surface area contributed by atoms with Crippen LogP contribution in [0.25, 0.3) is 0 Å². The largest absolute Gasteiger partial charge is 0.462 e. The van der Waals surface area contributed by atoms with E-state index < -0.39 is 27.8 Å². The van der Waals surface area contributed by atoms with Gasteiger partial charge in [0, 0.05) is 6.20 Å². The van der Waals surface area contributed by atoms with Gasteiger partial charge >= 0.3 is 5.97 Å². The van der Waals surface area contributed by atoms with E-state index in [1.54, 1.807) is 38.1 Å². The summed E-state index contributed by atoms with van der Waals surface area (Å²) in [6, 6.07) is 11.6. The van der Waals surface area contributed by atoms with Crippen LogP contribution in [-0.4, -0.2) is 49.6 Å². The average molecular weight is 433 g/mol. The molecule has 0 atom stereocenters. The van der Waals surface area contributed by atoms with E-state index in [1.807, 2.05) is 10.8 Å². The zero-order chi connectivity index (χ0) is 22.1. The van der Waals surface area contributed by atoms with E-state index in [0.717, 1.165) is 11.8 Å². The van der Waals surface area contributed by atoms with Gasteiger partial charge in [-0.1, -0.05) is 30.3 Å². The van der Waals surface area contributed by atoms with Crippen LogP contribution in [0, 0.1) is 0 Å². The third kappa shape index (κ3) is 7.63. The number of aryl methyl sites for hydroxylation is 1. The second kappa shape index (κ2) is 10.5. The van der Waals surface area contributed by atoms with Gasteiger partial charge in [0.15, 0.2) is 0 Å². The molecule has 0 fully saturated rings. The lowest BCUT2D eigenvalue weighted by Gasteiger charge is -2.09. The highest BCUT2D eigenvalue weighted by Crippen LogP contribution is 2.04. The number of ether oxygens (including phenoxy) is 1. The quantitative estimate of drug-likeness (QED) is 0.565. The first-order valence-electron chi connectivity index (χ1n) is 9.19. The molecule has 2 amide bonds. The van der Waals surface area contributed by atoms with E-state index in [0.29, 0.717) is 0 Å². The molecule has 10 heteroatoms. The maximum atomic E-state index is 12.2. The fraction of sp³-hybridized carbons (Fsp3) is 0.300. The molecule has 160 valence electrons. The van der Waals surface area contributed by atoms with Crippen molar-refractivity contribution in [2.45, 2.75) is 26.4 Å². The maximum absolute atomic E-state index is 12.2. The van der Waals surface area contributed by atoms with Crippen LogP contribution in [0.1, 0.15) is 40.3 Å². The highest BCUT2D eigenvalue weighted by molar-refractivity contribution is 7.90. The summed E-state index contributed by atoms with van der Waals surface area (Å²) in [5, 5.41) is 2.35. The molecule has 2 N–H and O–H groups in total. The standard InChI is InChI=1S/C20H23N3O6S/c1-14(2)29-18(24)13-22-20(26)17-9-8-16(12-21-17)19(25)23-30(27,28)11-10-15-6-4-3-5-7-15/h3-9,12,14H,10-11,13H2,1-2H3,(H,22,26)(H,23,25). The van der Waals surface area contributed by atoms with Gasteiger partial charge in [-0.05, 0) is 38.0 Å². The third-order valence-corrected chi connectivity index (χ3v) is 5.01. The molecule has 2 aromatic rings. The number of hydrogen-bond acceptors (Lipinski definition) is 7. The molecular formula is C20H23N3O6S. The Bertz CT molecular complexity index is 989. The lowest BCUT2D eigenvalue weighted by molar-refractivity contribution is -0.146. The van der Waals surface area contributed by atoms with E-state index in [9.17, 15) is 22.8 Å². The Hall–Kier alpha value is -3.27. The molecule has 1 aromatic heterocycles. The van der Waals surface area contributed by atoms with E-state index in [2.05, 4.69) is 10.3 Å². The van der Waals surface area contributed by atoms with Crippen molar-refractivity contribution >= 4 is 27.8 Å². The Morgan fingerprint density at radius 2 is 1.73 bits per heavy atom. The molecule has 0 aliphatic carbocycles. The lowest BCUT2D eigenvalue weighted by Crippen LogP contribution is -2.34. The normalized spacial score (nSPS) is 11.0. The van der Waals surface area contributed by atoms with Gasteiger partial charge in [-0.3, -0.25) is 19.4 Å². The van der Waals surface area contributed by atoms with E-state index in [1.165, 1.54) is 12.1 Å². The number of benzene rings is 1. The number of esters is 1. The zero-order valence-electron chi connectivity index (χ0n) is 16.6. The molecule has 1 heterocycles.